The lowest BCUT2D eigenvalue weighted by molar-refractivity contribution is -0.141. The third-order valence-electron chi connectivity index (χ3n) is 3.56. The first-order valence-corrected chi connectivity index (χ1v) is 8.04. The van der Waals surface area contributed by atoms with Crippen molar-refractivity contribution in [2.75, 3.05) is 5.75 Å². The van der Waals surface area contributed by atoms with Gasteiger partial charge in [-0.05, 0) is 37.0 Å². The molecule has 2 N–H and O–H groups in total. The number of carbonyl (C=O) groups is 2. The number of benzene rings is 1. The first kappa shape index (κ1) is 15.8. The Morgan fingerprint density at radius 1 is 1.29 bits per heavy atom. The third-order valence-corrected chi connectivity index (χ3v) is 4.57. The summed E-state index contributed by atoms with van der Waals surface area (Å²) in [7, 11) is 0. The molecule has 2 rings (SSSR count). The fourth-order valence-corrected chi connectivity index (χ4v) is 3.25. The van der Waals surface area contributed by atoms with Gasteiger partial charge in [0, 0.05) is 11.8 Å². The van der Waals surface area contributed by atoms with Gasteiger partial charge in [0.15, 0.2) is 0 Å². The van der Waals surface area contributed by atoms with Crippen LogP contribution in [0.1, 0.15) is 24.8 Å². The number of carbonyl (C=O) groups excluding carboxylic acids is 1. The van der Waals surface area contributed by atoms with Gasteiger partial charge >= 0.3 is 5.97 Å². The van der Waals surface area contributed by atoms with Crippen LogP contribution in [0.4, 0.5) is 4.39 Å². The summed E-state index contributed by atoms with van der Waals surface area (Å²) in [6.07, 6.45) is 1.87. The highest BCUT2D eigenvalue weighted by atomic mass is 32.2. The van der Waals surface area contributed by atoms with E-state index < -0.39 is 5.97 Å². The molecular weight excluding hydrogens is 293 g/mol. The van der Waals surface area contributed by atoms with Crippen molar-refractivity contribution in [2.24, 2.45) is 5.92 Å². The number of carboxylic acid groups (broad SMARTS) is 1. The third kappa shape index (κ3) is 5.04. The summed E-state index contributed by atoms with van der Waals surface area (Å²) in [5.41, 5.74) is 0.973. The van der Waals surface area contributed by atoms with Crippen LogP contribution in [0.2, 0.25) is 0 Å². The van der Waals surface area contributed by atoms with Crippen molar-refractivity contribution in [1.29, 1.82) is 0 Å². The summed E-state index contributed by atoms with van der Waals surface area (Å²) < 4.78 is 12.7. The van der Waals surface area contributed by atoms with E-state index in [9.17, 15) is 14.0 Å². The molecule has 0 aliphatic heterocycles. The van der Waals surface area contributed by atoms with E-state index in [2.05, 4.69) is 5.32 Å². The Morgan fingerprint density at radius 3 is 2.62 bits per heavy atom. The summed E-state index contributed by atoms with van der Waals surface area (Å²) in [5, 5.41) is 11.8. The zero-order valence-electron chi connectivity index (χ0n) is 11.5. The SMILES string of the molecule is O=C(CSCc1ccc(F)cc1)N[C@H]1CC[C@@H](C(=O)O)C1. The molecule has 1 aromatic carbocycles. The molecule has 4 nitrogen and oxygen atoms in total. The first-order chi connectivity index (χ1) is 10.0. The molecule has 0 heterocycles. The minimum absolute atomic E-state index is 0.0231. The van der Waals surface area contributed by atoms with Gasteiger partial charge in [-0.2, -0.15) is 0 Å². The van der Waals surface area contributed by atoms with Gasteiger partial charge in [0.2, 0.25) is 5.91 Å². The summed E-state index contributed by atoms with van der Waals surface area (Å²) in [6.45, 7) is 0. The number of nitrogens with one attached hydrogen (secondary N) is 1. The monoisotopic (exact) mass is 311 g/mol. The van der Waals surface area contributed by atoms with E-state index in [4.69, 9.17) is 5.11 Å². The van der Waals surface area contributed by atoms with Crippen LogP contribution < -0.4 is 5.32 Å². The van der Waals surface area contributed by atoms with Gasteiger partial charge in [-0.3, -0.25) is 9.59 Å². The molecule has 2 atom stereocenters. The Bertz CT molecular complexity index is 506. The van der Waals surface area contributed by atoms with Gasteiger partial charge in [-0.1, -0.05) is 12.1 Å². The van der Waals surface area contributed by atoms with Crippen molar-refractivity contribution >= 4 is 23.6 Å². The first-order valence-electron chi connectivity index (χ1n) is 6.89. The average Bonchev–Trinajstić information content (AvgIpc) is 2.90. The molecule has 1 aromatic rings. The van der Waals surface area contributed by atoms with Crippen LogP contribution in [-0.2, 0) is 15.3 Å². The van der Waals surface area contributed by atoms with Crippen molar-refractivity contribution in [3.8, 4) is 0 Å². The van der Waals surface area contributed by atoms with E-state index in [1.54, 1.807) is 12.1 Å². The number of hydrogen-bond acceptors (Lipinski definition) is 3. The lowest BCUT2D eigenvalue weighted by atomic mass is 10.1. The summed E-state index contributed by atoms with van der Waals surface area (Å²) in [5.74, 6) is -0.477. The van der Waals surface area contributed by atoms with Gasteiger partial charge in [0.1, 0.15) is 5.82 Å². The zero-order valence-corrected chi connectivity index (χ0v) is 12.4. The molecule has 0 bridgehead atoms. The molecule has 1 fully saturated rings. The fraction of sp³-hybridized carbons (Fsp3) is 0.467. The second kappa shape index (κ2) is 7.45. The van der Waals surface area contributed by atoms with E-state index >= 15 is 0 Å². The number of hydrogen-bond donors (Lipinski definition) is 2. The zero-order chi connectivity index (χ0) is 15.2. The molecule has 1 aliphatic carbocycles. The second-order valence-corrected chi connectivity index (χ2v) is 6.22. The van der Waals surface area contributed by atoms with E-state index in [-0.39, 0.29) is 23.7 Å². The van der Waals surface area contributed by atoms with Gasteiger partial charge < -0.3 is 10.4 Å². The predicted molar refractivity (Wildman–Crippen MR) is 79.5 cm³/mol. The number of rotatable bonds is 6. The highest BCUT2D eigenvalue weighted by molar-refractivity contribution is 7.99. The Kier molecular flexibility index (Phi) is 5.61. The molecule has 0 spiro atoms. The second-order valence-electron chi connectivity index (χ2n) is 5.23. The Labute approximate surface area is 127 Å². The summed E-state index contributed by atoms with van der Waals surface area (Å²) in [4.78, 5) is 22.6. The molecule has 0 unspecified atom stereocenters. The van der Waals surface area contributed by atoms with Crippen LogP contribution in [0.25, 0.3) is 0 Å². The van der Waals surface area contributed by atoms with E-state index in [0.29, 0.717) is 24.3 Å². The minimum Gasteiger partial charge on any atom is -0.481 e. The van der Waals surface area contributed by atoms with Crippen LogP contribution in [-0.4, -0.2) is 28.8 Å². The number of aliphatic carboxylic acids is 1. The predicted octanol–water partition coefficient (Wildman–Crippen LogP) is 2.43. The molecule has 0 aromatic heterocycles. The van der Waals surface area contributed by atoms with Crippen LogP contribution in [0.3, 0.4) is 0 Å². The number of halogens is 1. The maximum atomic E-state index is 12.7. The van der Waals surface area contributed by atoms with Crippen LogP contribution in [0.5, 0.6) is 0 Å². The highest BCUT2D eigenvalue weighted by Gasteiger charge is 2.30. The highest BCUT2D eigenvalue weighted by Crippen LogP contribution is 2.25. The Hall–Kier alpha value is -1.56. The number of thioether (sulfide) groups is 1. The lowest BCUT2D eigenvalue weighted by Crippen LogP contribution is -2.34. The molecule has 1 saturated carbocycles. The van der Waals surface area contributed by atoms with Crippen molar-refractivity contribution in [1.82, 2.24) is 5.32 Å². The van der Waals surface area contributed by atoms with Gasteiger partial charge in [0.25, 0.3) is 0 Å². The normalized spacial score (nSPS) is 21.2. The van der Waals surface area contributed by atoms with E-state index in [1.807, 2.05) is 0 Å². The number of amides is 1. The van der Waals surface area contributed by atoms with Crippen molar-refractivity contribution in [3.63, 3.8) is 0 Å². The molecule has 114 valence electrons. The van der Waals surface area contributed by atoms with Crippen molar-refractivity contribution < 1.29 is 19.1 Å². The largest absolute Gasteiger partial charge is 0.481 e. The van der Waals surface area contributed by atoms with Crippen LogP contribution >= 0.6 is 11.8 Å². The molecule has 21 heavy (non-hydrogen) atoms. The topological polar surface area (TPSA) is 66.4 Å². The maximum Gasteiger partial charge on any atom is 0.306 e. The Balaban J connectivity index is 1.66. The lowest BCUT2D eigenvalue weighted by Gasteiger charge is -2.12. The average molecular weight is 311 g/mol. The molecule has 1 amide bonds. The van der Waals surface area contributed by atoms with E-state index in [0.717, 1.165) is 12.0 Å². The summed E-state index contributed by atoms with van der Waals surface area (Å²) in [6, 6.07) is 6.19. The molecule has 1 aliphatic rings. The number of carboxylic acids is 1. The smallest absolute Gasteiger partial charge is 0.306 e. The Morgan fingerprint density at radius 2 is 2.00 bits per heavy atom. The minimum atomic E-state index is -0.780. The quantitative estimate of drug-likeness (QED) is 0.847. The molecule has 6 heteroatoms. The standard InChI is InChI=1S/C15H18FNO3S/c16-12-4-1-10(2-5-12)8-21-9-14(18)17-13-6-3-11(7-13)15(19)20/h1-2,4-5,11,13H,3,6-9H2,(H,17,18)(H,19,20)/t11-,13+/m1/s1. The molecule has 0 radical (unpaired) electrons. The van der Waals surface area contributed by atoms with Crippen LogP contribution in [0, 0.1) is 11.7 Å². The van der Waals surface area contributed by atoms with Gasteiger partial charge in [-0.15, -0.1) is 11.8 Å². The molecule has 0 saturated heterocycles. The van der Waals surface area contributed by atoms with Crippen molar-refractivity contribution in [3.05, 3.63) is 35.6 Å². The van der Waals surface area contributed by atoms with Crippen LogP contribution in [0.15, 0.2) is 24.3 Å². The molecular formula is C15H18FNO3S. The van der Waals surface area contributed by atoms with Gasteiger partial charge in [0.05, 0.1) is 11.7 Å². The fourth-order valence-electron chi connectivity index (χ4n) is 2.45. The van der Waals surface area contributed by atoms with Gasteiger partial charge in [-0.25, -0.2) is 4.39 Å². The summed E-state index contributed by atoms with van der Waals surface area (Å²) >= 11 is 1.46. The van der Waals surface area contributed by atoms with Crippen molar-refractivity contribution in [2.45, 2.75) is 31.1 Å². The maximum absolute atomic E-state index is 12.7. The van der Waals surface area contributed by atoms with E-state index in [1.165, 1.54) is 23.9 Å².